The number of aromatic nitrogens is 5. The van der Waals surface area contributed by atoms with Gasteiger partial charge in [0.15, 0.2) is 11.3 Å². The maximum absolute atomic E-state index is 12.6. The smallest absolute Gasteiger partial charge is 0.274 e. The molecule has 0 spiro atoms. The average Bonchev–Trinajstić information content (AvgIpc) is 3.10. The van der Waals surface area contributed by atoms with E-state index < -0.39 is 0 Å². The molecule has 0 unspecified atom stereocenters. The lowest BCUT2D eigenvalue weighted by Gasteiger charge is -2.16. The SMILES string of the molecule is CCn1ncc(Br)c1CN(C)C(=O)c1cc2ncc(Br)cn2n1. The highest BCUT2D eigenvalue weighted by Gasteiger charge is 2.19. The summed E-state index contributed by atoms with van der Waals surface area (Å²) in [6.07, 6.45) is 5.18. The molecule has 23 heavy (non-hydrogen) atoms. The predicted molar refractivity (Wildman–Crippen MR) is 92.1 cm³/mol. The number of carbonyl (C=O) groups is 1. The minimum atomic E-state index is -0.164. The largest absolute Gasteiger partial charge is 0.334 e. The van der Waals surface area contributed by atoms with Gasteiger partial charge in [-0.05, 0) is 38.8 Å². The first kappa shape index (κ1) is 16.1. The summed E-state index contributed by atoms with van der Waals surface area (Å²) < 4.78 is 5.13. The quantitative estimate of drug-likeness (QED) is 0.624. The molecule has 0 aromatic carbocycles. The summed E-state index contributed by atoms with van der Waals surface area (Å²) in [6, 6.07) is 1.68. The predicted octanol–water partition coefficient (Wildman–Crippen LogP) is 2.74. The van der Waals surface area contributed by atoms with E-state index in [1.807, 2.05) is 11.6 Å². The van der Waals surface area contributed by atoms with Gasteiger partial charge in [0.2, 0.25) is 0 Å². The van der Waals surface area contributed by atoms with Crippen LogP contribution in [0, 0.1) is 0 Å². The zero-order valence-corrected chi connectivity index (χ0v) is 15.7. The Hall–Kier alpha value is -1.74. The fraction of sp³-hybridized carbons (Fsp3) is 0.286. The highest BCUT2D eigenvalue weighted by molar-refractivity contribution is 9.10. The Morgan fingerprint density at radius 1 is 1.35 bits per heavy atom. The highest BCUT2D eigenvalue weighted by atomic mass is 79.9. The molecule has 0 aliphatic carbocycles. The summed E-state index contributed by atoms with van der Waals surface area (Å²) in [5, 5.41) is 8.55. The van der Waals surface area contributed by atoms with E-state index in [-0.39, 0.29) is 5.91 Å². The van der Waals surface area contributed by atoms with E-state index in [2.05, 4.69) is 47.0 Å². The molecule has 0 bridgehead atoms. The fourth-order valence-corrected chi connectivity index (χ4v) is 2.99. The molecule has 3 heterocycles. The van der Waals surface area contributed by atoms with Crippen LogP contribution in [0.25, 0.3) is 5.65 Å². The third-order valence-corrected chi connectivity index (χ3v) is 4.50. The Labute approximate surface area is 149 Å². The Kier molecular flexibility index (Phi) is 4.49. The van der Waals surface area contributed by atoms with Crippen molar-refractivity contribution in [2.24, 2.45) is 0 Å². The van der Waals surface area contributed by atoms with Gasteiger partial charge >= 0.3 is 0 Å². The van der Waals surface area contributed by atoms with Crippen LogP contribution in [-0.2, 0) is 13.1 Å². The summed E-state index contributed by atoms with van der Waals surface area (Å²) in [7, 11) is 1.75. The molecule has 0 fully saturated rings. The number of fused-ring (bicyclic) bond motifs is 1. The molecule has 0 N–H and O–H groups in total. The number of aryl methyl sites for hydroxylation is 1. The molecule has 3 aromatic heterocycles. The van der Waals surface area contributed by atoms with Gasteiger partial charge in [0, 0.05) is 32.1 Å². The molecule has 7 nitrogen and oxygen atoms in total. The molecule has 1 amide bonds. The molecule has 0 radical (unpaired) electrons. The van der Waals surface area contributed by atoms with Crippen LogP contribution >= 0.6 is 31.9 Å². The van der Waals surface area contributed by atoms with Crippen molar-refractivity contribution in [1.29, 1.82) is 0 Å². The van der Waals surface area contributed by atoms with Crippen LogP contribution in [0.4, 0.5) is 0 Å². The first-order chi connectivity index (χ1) is 11.0. The Bertz CT molecular complexity index is 871. The van der Waals surface area contributed by atoms with Gasteiger partial charge in [-0.2, -0.15) is 10.2 Å². The minimum absolute atomic E-state index is 0.164. The van der Waals surface area contributed by atoms with Crippen molar-refractivity contribution in [3.63, 3.8) is 0 Å². The highest BCUT2D eigenvalue weighted by Crippen LogP contribution is 2.19. The molecular weight excluding hydrogens is 428 g/mol. The number of halogens is 2. The van der Waals surface area contributed by atoms with Crippen molar-refractivity contribution in [2.75, 3.05) is 7.05 Å². The van der Waals surface area contributed by atoms with Crippen molar-refractivity contribution < 1.29 is 4.79 Å². The molecular formula is C14H14Br2N6O. The number of amides is 1. The van der Waals surface area contributed by atoms with E-state index in [1.165, 1.54) is 0 Å². The average molecular weight is 442 g/mol. The molecule has 0 aliphatic rings. The van der Waals surface area contributed by atoms with Crippen LogP contribution in [0.15, 0.2) is 33.6 Å². The first-order valence-corrected chi connectivity index (χ1v) is 8.54. The maximum atomic E-state index is 12.6. The Morgan fingerprint density at radius 3 is 2.87 bits per heavy atom. The summed E-state index contributed by atoms with van der Waals surface area (Å²) in [4.78, 5) is 18.4. The second kappa shape index (κ2) is 6.40. The van der Waals surface area contributed by atoms with Crippen molar-refractivity contribution >= 4 is 43.4 Å². The lowest BCUT2D eigenvalue weighted by molar-refractivity contribution is 0.0775. The number of hydrogen-bond acceptors (Lipinski definition) is 4. The second-order valence-electron chi connectivity index (χ2n) is 5.02. The van der Waals surface area contributed by atoms with Gasteiger partial charge in [-0.3, -0.25) is 9.48 Å². The molecule has 3 aromatic rings. The fourth-order valence-electron chi connectivity index (χ4n) is 2.27. The van der Waals surface area contributed by atoms with E-state index in [4.69, 9.17) is 0 Å². The van der Waals surface area contributed by atoms with Gasteiger partial charge in [-0.15, -0.1) is 0 Å². The van der Waals surface area contributed by atoms with Crippen molar-refractivity contribution in [1.82, 2.24) is 29.3 Å². The van der Waals surface area contributed by atoms with Crippen LogP contribution in [0.2, 0.25) is 0 Å². The van der Waals surface area contributed by atoms with Gasteiger partial charge in [0.05, 0.1) is 27.4 Å². The van der Waals surface area contributed by atoms with Crippen LogP contribution in [0.1, 0.15) is 23.1 Å². The summed E-state index contributed by atoms with van der Waals surface area (Å²) >= 11 is 6.81. The second-order valence-corrected chi connectivity index (χ2v) is 6.79. The van der Waals surface area contributed by atoms with Crippen LogP contribution in [0.5, 0.6) is 0 Å². The normalized spacial score (nSPS) is 11.1. The minimum Gasteiger partial charge on any atom is -0.334 e. The van der Waals surface area contributed by atoms with E-state index in [0.717, 1.165) is 21.2 Å². The summed E-state index contributed by atoms with van der Waals surface area (Å²) in [6.45, 7) is 3.20. The van der Waals surface area contributed by atoms with E-state index in [1.54, 1.807) is 41.1 Å². The molecule has 0 atom stereocenters. The zero-order chi connectivity index (χ0) is 16.6. The van der Waals surface area contributed by atoms with E-state index in [0.29, 0.717) is 17.9 Å². The third-order valence-electron chi connectivity index (χ3n) is 3.43. The van der Waals surface area contributed by atoms with Gasteiger partial charge in [0.1, 0.15) is 0 Å². The molecule has 3 rings (SSSR count). The standard InChI is InChI=1S/C14H14Br2N6O/c1-3-21-12(10(16)6-18-21)8-20(2)14(23)11-4-13-17-5-9(15)7-22(13)19-11/h4-7H,3,8H2,1-2H3. The van der Waals surface area contributed by atoms with E-state index >= 15 is 0 Å². The van der Waals surface area contributed by atoms with Gasteiger partial charge < -0.3 is 4.90 Å². The van der Waals surface area contributed by atoms with Crippen LogP contribution in [0.3, 0.4) is 0 Å². The molecule has 0 aliphatic heterocycles. The topological polar surface area (TPSA) is 68.3 Å². The summed E-state index contributed by atoms with van der Waals surface area (Å²) in [5.41, 5.74) is 1.94. The monoisotopic (exact) mass is 440 g/mol. The lowest BCUT2D eigenvalue weighted by Crippen LogP contribution is -2.28. The summed E-state index contributed by atoms with van der Waals surface area (Å²) in [5.74, 6) is -0.164. The number of hydrogen-bond donors (Lipinski definition) is 0. The molecule has 120 valence electrons. The third kappa shape index (κ3) is 3.16. The van der Waals surface area contributed by atoms with Crippen molar-refractivity contribution in [3.05, 3.63) is 45.0 Å². The number of rotatable bonds is 4. The maximum Gasteiger partial charge on any atom is 0.274 e. The van der Waals surface area contributed by atoms with Gasteiger partial charge in [0.25, 0.3) is 5.91 Å². The Morgan fingerprint density at radius 2 is 2.13 bits per heavy atom. The molecule has 0 saturated heterocycles. The van der Waals surface area contributed by atoms with Gasteiger partial charge in [-0.1, -0.05) is 0 Å². The van der Waals surface area contributed by atoms with Gasteiger partial charge in [-0.25, -0.2) is 9.50 Å². The van der Waals surface area contributed by atoms with Crippen molar-refractivity contribution in [3.8, 4) is 0 Å². The molecule has 0 saturated carbocycles. The van der Waals surface area contributed by atoms with Crippen molar-refractivity contribution in [2.45, 2.75) is 20.0 Å². The first-order valence-electron chi connectivity index (χ1n) is 6.96. The van der Waals surface area contributed by atoms with Crippen LogP contribution < -0.4 is 0 Å². The zero-order valence-electron chi connectivity index (χ0n) is 12.6. The number of carbonyl (C=O) groups excluding carboxylic acids is 1. The van der Waals surface area contributed by atoms with Crippen LogP contribution in [-0.4, -0.2) is 42.2 Å². The number of nitrogens with zero attached hydrogens (tertiary/aromatic N) is 6. The van der Waals surface area contributed by atoms with E-state index in [9.17, 15) is 4.79 Å². The Balaban J connectivity index is 1.84. The lowest BCUT2D eigenvalue weighted by atomic mass is 10.3. The molecule has 9 heteroatoms.